The Morgan fingerprint density at radius 2 is 2.20 bits per heavy atom. The number of guanidine groups is 1. The van der Waals surface area contributed by atoms with Crippen molar-refractivity contribution in [2.75, 3.05) is 7.05 Å². The number of aryl methyl sites for hydroxylation is 2. The molecule has 0 bridgehead atoms. The minimum Gasteiger partial charge on any atom is -0.464 e. The summed E-state index contributed by atoms with van der Waals surface area (Å²) in [5.41, 5.74) is 1.20. The SMILES string of the molecule is CN=C(NCc1cccn1C)NC(C)c1ccc(C)o1. The lowest BCUT2D eigenvalue weighted by Gasteiger charge is -2.16. The molecule has 0 saturated carbocycles. The van der Waals surface area contributed by atoms with Crippen LogP contribution in [0.5, 0.6) is 0 Å². The summed E-state index contributed by atoms with van der Waals surface area (Å²) < 4.78 is 7.69. The molecule has 0 aliphatic rings. The molecule has 108 valence electrons. The van der Waals surface area contributed by atoms with E-state index in [0.29, 0.717) is 0 Å². The van der Waals surface area contributed by atoms with Crippen LogP contribution >= 0.6 is 0 Å². The predicted octanol–water partition coefficient (Wildman–Crippen LogP) is 2.35. The summed E-state index contributed by atoms with van der Waals surface area (Å²) in [5.74, 6) is 2.58. The number of furan rings is 1. The van der Waals surface area contributed by atoms with Crippen LogP contribution in [-0.4, -0.2) is 17.6 Å². The van der Waals surface area contributed by atoms with Crippen LogP contribution in [0.25, 0.3) is 0 Å². The van der Waals surface area contributed by atoms with E-state index in [2.05, 4.69) is 26.3 Å². The number of nitrogens with one attached hydrogen (secondary N) is 2. The zero-order chi connectivity index (χ0) is 14.5. The summed E-state index contributed by atoms with van der Waals surface area (Å²) in [6, 6.07) is 8.13. The number of hydrogen-bond acceptors (Lipinski definition) is 2. The van der Waals surface area contributed by atoms with Crippen molar-refractivity contribution in [1.82, 2.24) is 15.2 Å². The number of rotatable bonds is 4. The Hall–Kier alpha value is -2.17. The van der Waals surface area contributed by atoms with E-state index in [1.54, 1.807) is 7.05 Å². The number of aliphatic imine (C=N–C) groups is 1. The molecule has 0 spiro atoms. The molecule has 0 aromatic carbocycles. The van der Waals surface area contributed by atoms with E-state index >= 15 is 0 Å². The fourth-order valence-corrected chi connectivity index (χ4v) is 2.01. The lowest BCUT2D eigenvalue weighted by molar-refractivity contribution is 0.441. The molecule has 0 aliphatic carbocycles. The first-order valence-corrected chi connectivity index (χ1v) is 6.74. The van der Waals surface area contributed by atoms with Crippen molar-refractivity contribution < 1.29 is 4.42 Å². The fourth-order valence-electron chi connectivity index (χ4n) is 2.01. The third-order valence-electron chi connectivity index (χ3n) is 3.25. The molecule has 0 saturated heterocycles. The van der Waals surface area contributed by atoms with Crippen LogP contribution in [0.2, 0.25) is 0 Å². The molecule has 1 unspecified atom stereocenters. The van der Waals surface area contributed by atoms with E-state index in [1.165, 1.54) is 5.69 Å². The monoisotopic (exact) mass is 274 g/mol. The highest BCUT2D eigenvalue weighted by Crippen LogP contribution is 2.15. The number of nitrogens with zero attached hydrogens (tertiary/aromatic N) is 2. The summed E-state index contributed by atoms with van der Waals surface area (Å²) >= 11 is 0. The molecule has 2 N–H and O–H groups in total. The molecule has 2 aromatic rings. The van der Waals surface area contributed by atoms with Crippen molar-refractivity contribution in [1.29, 1.82) is 0 Å². The topological polar surface area (TPSA) is 54.5 Å². The van der Waals surface area contributed by atoms with E-state index in [-0.39, 0.29) is 6.04 Å². The third-order valence-corrected chi connectivity index (χ3v) is 3.25. The van der Waals surface area contributed by atoms with Gasteiger partial charge in [-0.2, -0.15) is 0 Å². The summed E-state index contributed by atoms with van der Waals surface area (Å²) in [7, 11) is 3.79. The van der Waals surface area contributed by atoms with Crippen LogP contribution in [0.3, 0.4) is 0 Å². The van der Waals surface area contributed by atoms with Gasteiger partial charge in [-0.25, -0.2) is 0 Å². The summed E-state index contributed by atoms with van der Waals surface area (Å²) in [4.78, 5) is 4.23. The van der Waals surface area contributed by atoms with Gasteiger partial charge in [-0.1, -0.05) is 0 Å². The zero-order valence-electron chi connectivity index (χ0n) is 12.5. The van der Waals surface area contributed by atoms with Gasteiger partial charge in [0.2, 0.25) is 0 Å². The Morgan fingerprint density at radius 3 is 2.75 bits per heavy atom. The molecule has 0 radical (unpaired) electrons. The molecular formula is C15H22N4O. The highest BCUT2D eigenvalue weighted by Gasteiger charge is 2.11. The highest BCUT2D eigenvalue weighted by molar-refractivity contribution is 5.79. The van der Waals surface area contributed by atoms with Gasteiger partial charge in [0, 0.05) is 26.0 Å². The smallest absolute Gasteiger partial charge is 0.191 e. The van der Waals surface area contributed by atoms with Gasteiger partial charge in [0.25, 0.3) is 0 Å². The van der Waals surface area contributed by atoms with Gasteiger partial charge in [-0.3, -0.25) is 4.99 Å². The van der Waals surface area contributed by atoms with Gasteiger partial charge in [-0.15, -0.1) is 0 Å². The minimum absolute atomic E-state index is 0.0725. The van der Waals surface area contributed by atoms with E-state index in [1.807, 2.05) is 45.3 Å². The largest absolute Gasteiger partial charge is 0.464 e. The van der Waals surface area contributed by atoms with Crippen LogP contribution in [0.1, 0.15) is 30.2 Å². The quantitative estimate of drug-likeness (QED) is 0.664. The zero-order valence-corrected chi connectivity index (χ0v) is 12.5. The van der Waals surface area contributed by atoms with Gasteiger partial charge in [0.15, 0.2) is 5.96 Å². The summed E-state index contributed by atoms with van der Waals surface area (Å²) in [5, 5.41) is 6.61. The Bertz CT molecular complexity index is 582. The van der Waals surface area contributed by atoms with Crippen molar-refractivity contribution in [2.45, 2.75) is 26.4 Å². The number of aromatic nitrogens is 1. The highest BCUT2D eigenvalue weighted by atomic mass is 16.3. The second kappa shape index (κ2) is 6.32. The molecular weight excluding hydrogens is 252 g/mol. The Labute approximate surface area is 119 Å². The standard InChI is InChI=1S/C15H22N4O/c1-11-7-8-14(20-11)12(2)18-15(16-3)17-10-13-6-5-9-19(13)4/h5-9,12H,10H2,1-4H3,(H2,16,17,18). The molecule has 0 fully saturated rings. The Balaban J connectivity index is 1.91. The molecule has 2 rings (SSSR count). The fraction of sp³-hybridized carbons (Fsp3) is 0.400. The summed E-state index contributed by atoms with van der Waals surface area (Å²) in [6.45, 7) is 4.72. The van der Waals surface area contributed by atoms with Gasteiger partial charge < -0.3 is 19.6 Å². The van der Waals surface area contributed by atoms with Crippen molar-refractivity contribution in [3.63, 3.8) is 0 Å². The lowest BCUT2D eigenvalue weighted by Crippen LogP contribution is -2.38. The van der Waals surface area contributed by atoms with E-state index in [9.17, 15) is 0 Å². The average Bonchev–Trinajstić information content (AvgIpc) is 3.03. The molecule has 2 aromatic heterocycles. The maximum atomic E-state index is 5.61. The molecule has 5 nitrogen and oxygen atoms in total. The first-order valence-electron chi connectivity index (χ1n) is 6.74. The molecule has 5 heteroatoms. The second-order valence-electron chi connectivity index (χ2n) is 4.85. The van der Waals surface area contributed by atoms with Crippen molar-refractivity contribution >= 4 is 5.96 Å². The Morgan fingerprint density at radius 1 is 1.40 bits per heavy atom. The molecule has 0 amide bonds. The molecule has 0 aliphatic heterocycles. The van der Waals surface area contributed by atoms with Crippen molar-refractivity contribution in [2.24, 2.45) is 12.0 Å². The van der Waals surface area contributed by atoms with Gasteiger partial charge in [0.05, 0.1) is 12.6 Å². The van der Waals surface area contributed by atoms with Crippen molar-refractivity contribution in [3.8, 4) is 0 Å². The van der Waals surface area contributed by atoms with Gasteiger partial charge in [-0.05, 0) is 38.1 Å². The van der Waals surface area contributed by atoms with Crippen LogP contribution in [-0.2, 0) is 13.6 Å². The second-order valence-corrected chi connectivity index (χ2v) is 4.85. The Kier molecular flexibility index (Phi) is 4.50. The minimum atomic E-state index is 0.0725. The maximum Gasteiger partial charge on any atom is 0.191 e. The normalized spacial score (nSPS) is 13.3. The van der Waals surface area contributed by atoms with E-state index in [4.69, 9.17) is 4.42 Å². The maximum absolute atomic E-state index is 5.61. The van der Waals surface area contributed by atoms with Crippen LogP contribution in [0.15, 0.2) is 39.9 Å². The molecule has 1 atom stereocenters. The van der Waals surface area contributed by atoms with Crippen molar-refractivity contribution in [3.05, 3.63) is 47.7 Å². The van der Waals surface area contributed by atoms with Gasteiger partial charge >= 0.3 is 0 Å². The van der Waals surface area contributed by atoms with Gasteiger partial charge in [0.1, 0.15) is 11.5 Å². The average molecular weight is 274 g/mol. The van der Waals surface area contributed by atoms with E-state index < -0.39 is 0 Å². The number of hydrogen-bond donors (Lipinski definition) is 2. The molecule has 2 heterocycles. The first kappa shape index (κ1) is 14.2. The van der Waals surface area contributed by atoms with E-state index in [0.717, 1.165) is 24.0 Å². The van der Waals surface area contributed by atoms with Crippen LogP contribution < -0.4 is 10.6 Å². The first-order chi connectivity index (χ1) is 9.60. The molecule has 20 heavy (non-hydrogen) atoms. The van der Waals surface area contributed by atoms with Crippen LogP contribution in [0.4, 0.5) is 0 Å². The predicted molar refractivity (Wildman–Crippen MR) is 80.6 cm³/mol. The third kappa shape index (κ3) is 3.44. The van der Waals surface area contributed by atoms with Crippen LogP contribution in [0, 0.1) is 6.92 Å². The summed E-state index contributed by atoms with van der Waals surface area (Å²) in [6.07, 6.45) is 2.03. The lowest BCUT2D eigenvalue weighted by atomic mass is 10.2.